The molecule has 0 saturated heterocycles. The molecule has 6 aromatic carbocycles. The van der Waals surface area contributed by atoms with Crippen LogP contribution in [0.1, 0.15) is 49.1 Å². The van der Waals surface area contributed by atoms with E-state index in [-0.39, 0.29) is 0 Å². The summed E-state index contributed by atoms with van der Waals surface area (Å²) in [4.78, 5) is 15.4. The zero-order valence-corrected chi connectivity index (χ0v) is 30.4. The standard InChI is InChI=1S/C50H38N4O/c51-29-30-9-11-35(12-10-30)39-21-22-45-44(28-39)42-7-4-8-43(47(42)55-45)50-53-48(37-17-13-34(14-18-37)33-5-2-1-3-6-33)52-49(54-50)38-19-15-36(16-20-38)46-40-24-31-23-32(26-40)27-41(46)25-31/h1-22,28,31-32,40-41,46H,23-27H2. The van der Waals surface area contributed by atoms with Crippen molar-refractivity contribution in [3.63, 3.8) is 0 Å². The van der Waals surface area contributed by atoms with Gasteiger partial charge in [-0.1, -0.05) is 109 Å². The lowest BCUT2D eigenvalue weighted by atomic mass is 9.51. The van der Waals surface area contributed by atoms with E-state index in [0.29, 0.717) is 29.0 Å². The van der Waals surface area contributed by atoms with E-state index in [1.54, 1.807) is 0 Å². The minimum absolute atomic E-state index is 0.578. The summed E-state index contributed by atoms with van der Waals surface area (Å²) in [5.41, 5.74) is 10.8. The predicted molar refractivity (Wildman–Crippen MR) is 219 cm³/mol. The monoisotopic (exact) mass is 710 g/mol. The van der Waals surface area contributed by atoms with Crippen molar-refractivity contribution in [2.24, 2.45) is 23.7 Å². The first kappa shape index (κ1) is 32.1. The molecule has 0 aliphatic heterocycles. The van der Waals surface area contributed by atoms with Crippen LogP contribution in [0.2, 0.25) is 0 Å². The molecule has 0 unspecified atom stereocenters. The van der Waals surface area contributed by atoms with Crippen LogP contribution in [0.15, 0.2) is 144 Å². The molecule has 2 heterocycles. The van der Waals surface area contributed by atoms with E-state index in [1.165, 1.54) is 43.2 Å². The SMILES string of the molecule is N#Cc1ccc(-c2ccc3oc4c(-c5nc(-c6ccc(-c7ccccc7)cc6)nc(-c6ccc(C7C8CC9CC(C8)CC7C9)cc6)n5)cccc4c3c2)cc1. The van der Waals surface area contributed by atoms with Crippen LogP contribution in [-0.2, 0) is 0 Å². The molecule has 5 heteroatoms. The van der Waals surface area contributed by atoms with Crippen molar-refractivity contribution in [3.8, 4) is 62.5 Å². The molecule has 4 aliphatic rings. The number of aromatic nitrogens is 3. The van der Waals surface area contributed by atoms with Crippen molar-refractivity contribution in [2.75, 3.05) is 0 Å². The normalized spacial score (nSPS) is 21.3. The second-order valence-electron chi connectivity index (χ2n) is 16.0. The van der Waals surface area contributed by atoms with Gasteiger partial charge in [0.1, 0.15) is 11.2 Å². The summed E-state index contributed by atoms with van der Waals surface area (Å²) < 4.78 is 6.61. The van der Waals surface area contributed by atoms with Crippen LogP contribution >= 0.6 is 0 Å². The van der Waals surface area contributed by atoms with Crippen LogP contribution in [-0.4, -0.2) is 15.0 Å². The van der Waals surface area contributed by atoms with Crippen molar-refractivity contribution in [1.29, 1.82) is 5.26 Å². The lowest BCUT2D eigenvalue weighted by Gasteiger charge is -2.54. The zero-order chi connectivity index (χ0) is 36.5. The minimum Gasteiger partial charge on any atom is -0.455 e. The Labute approximate surface area is 320 Å². The first-order chi connectivity index (χ1) is 27.1. The molecule has 12 rings (SSSR count). The number of fused-ring (bicyclic) bond motifs is 3. The third-order valence-electron chi connectivity index (χ3n) is 12.8. The third kappa shape index (κ3) is 5.63. The van der Waals surface area contributed by atoms with Gasteiger partial charge >= 0.3 is 0 Å². The zero-order valence-electron chi connectivity index (χ0n) is 30.4. The summed E-state index contributed by atoms with van der Waals surface area (Å²) in [6.07, 6.45) is 7.11. The summed E-state index contributed by atoms with van der Waals surface area (Å²) in [5, 5.41) is 11.3. The second-order valence-corrected chi connectivity index (χ2v) is 16.0. The maximum atomic E-state index is 9.29. The van der Waals surface area contributed by atoms with Gasteiger partial charge in [0.25, 0.3) is 0 Å². The van der Waals surface area contributed by atoms with Gasteiger partial charge in [0.05, 0.1) is 17.2 Å². The maximum Gasteiger partial charge on any atom is 0.167 e. The molecule has 0 N–H and O–H groups in total. The topological polar surface area (TPSA) is 75.6 Å². The average Bonchev–Trinajstić information content (AvgIpc) is 3.62. The van der Waals surface area contributed by atoms with Crippen LogP contribution in [0.5, 0.6) is 0 Å². The molecular formula is C50H38N4O. The van der Waals surface area contributed by atoms with Gasteiger partial charge in [-0.25, -0.2) is 15.0 Å². The number of furan rings is 1. The number of hydrogen-bond acceptors (Lipinski definition) is 5. The highest BCUT2D eigenvalue weighted by Crippen LogP contribution is 2.59. The lowest BCUT2D eigenvalue weighted by molar-refractivity contribution is -0.00277. The number of hydrogen-bond donors (Lipinski definition) is 0. The molecule has 4 fully saturated rings. The Bertz CT molecular complexity index is 2730. The molecule has 8 aromatic rings. The van der Waals surface area contributed by atoms with Gasteiger partial charge in [-0.2, -0.15) is 5.26 Å². The van der Waals surface area contributed by atoms with Crippen LogP contribution in [0.25, 0.3) is 78.4 Å². The molecule has 0 radical (unpaired) electrons. The molecule has 4 aliphatic carbocycles. The molecule has 55 heavy (non-hydrogen) atoms. The predicted octanol–water partition coefficient (Wildman–Crippen LogP) is 12.5. The van der Waals surface area contributed by atoms with Crippen LogP contribution < -0.4 is 0 Å². The largest absolute Gasteiger partial charge is 0.455 e. The summed E-state index contributed by atoms with van der Waals surface area (Å²) in [5.74, 6) is 6.12. The molecule has 4 bridgehead atoms. The number of para-hydroxylation sites is 1. The van der Waals surface area contributed by atoms with E-state index < -0.39 is 0 Å². The Hall–Kier alpha value is -6.38. The van der Waals surface area contributed by atoms with Gasteiger partial charge < -0.3 is 4.42 Å². The van der Waals surface area contributed by atoms with Crippen LogP contribution in [0, 0.1) is 35.0 Å². The highest BCUT2D eigenvalue weighted by atomic mass is 16.3. The van der Waals surface area contributed by atoms with Gasteiger partial charge in [0.15, 0.2) is 17.5 Å². The van der Waals surface area contributed by atoms with E-state index in [2.05, 4.69) is 103 Å². The Morgan fingerprint density at radius 2 is 1.05 bits per heavy atom. The van der Waals surface area contributed by atoms with Gasteiger partial charge in [-0.3, -0.25) is 0 Å². The Morgan fingerprint density at radius 1 is 0.491 bits per heavy atom. The molecule has 4 saturated carbocycles. The van der Waals surface area contributed by atoms with Crippen LogP contribution in [0.4, 0.5) is 0 Å². The Kier molecular flexibility index (Phi) is 7.52. The first-order valence-electron chi connectivity index (χ1n) is 19.6. The quantitative estimate of drug-likeness (QED) is 0.172. The molecule has 5 nitrogen and oxygen atoms in total. The van der Waals surface area contributed by atoms with E-state index >= 15 is 0 Å². The molecule has 2 aromatic heterocycles. The number of nitrogens with zero attached hydrogens (tertiary/aromatic N) is 4. The van der Waals surface area contributed by atoms with E-state index in [0.717, 1.165) is 79.0 Å². The molecule has 0 spiro atoms. The van der Waals surface area contributed by atoms with Crippen LogP contribution in [0.3, 0.4) is 0 Å². The fourth-order valence-corrected chi connectivity index (χ4v) is 10.4. The van der Waals surface area contributed by atoms with E-state index in [1.807, 2.05) is 42.5 Å². The van der Waals surface area contributed by atoms with E-state index in [9.17, 15) is 5.26 Å². The van der Waals surface area contributed by atoms with Crippen molar-refractivity contribution in [2.45, 2.75) is 38.0 Å². The summed E-state index contributed by atoms with van der Waals surface area (Å²) in [7, 11) is 0. The van der Waals surface area contributed by atoms with Crippen molar-refractivity contribution in [3.05, 3.63) is 151 Å². The molecular weight excluding hydrogens is 673 g/mol. The number of nitriles is 1. The first-order valence-corrected chi connectivity index (χ1v) is 19.6. The summed E-state index contributed by atoms with van der Waals surface area (Å²) >= 11 is 0. The fraction of sp³-hybridized carbons (Fsp3) is 0.200. The van der Waals surface area contributed by atoms with Gasteiger partial charge in [-0.05, 0) is 120 Å². The average molecular weight is 711 g/mol. The molecule has 264 valence electrons. The van der Waals surface area contributed by atoms with Crippen molar-refractivity contribution >= 4 is 21.9 Å². The maximum absolute atomic E-state index is 9.29. The third-order valence-corrected chi connectivity index (χ3v) is 12.8. The van der Waals surface area contributed by atoms with Gasteiger partial charge in [0, 0.05) is 21.9 Å². The lowest BCUT2D eigenvalue weighted by Crippen LogP contribution is -2.43. The highest BCUT2D eigenvalue weighted by Gasteiger charge is 2.48. The molecule has 0 amide bonds. The smallest absolute Gasteiger partial charge is 0.167 e. The van der Waals surface area contributed by atoms with Gasteiger partial charge in [0.2, 0.25) is 0 Å². The fourth-order valence-electron chi connectivity index (χ4n) is 10.4. The van der Waals surface area contributed by atoms with Crippen molar-refractivity contribution in [1.82, 2.24) is 15.0 Å². The van der Waals surface area contributed by atoms with E-state index in [4.69, 9.17) is 19.4 Å². The summed E-state index contributed by atoms with van der Waals surface area (Å²) in [6, 6.07) is 50.4. The van der Waals surface area contributed by atoms with Crippen molar-refractivity contribution < 1.29 is 4.42 Å². The minimum atomic E-state index is 0.578. The Balaban J connectivity index is 1.01. The number of rotatable bonds is 6. The highest BCUT2D eigenvalue weighted by molar-refractivity contribution is 6.10. The molecule has 0 atom stereocenters. The Morgan fingerprint density at radius 3 is 1.73 bits per heavy atom. The van der Waals surface area contributed by atoms with Gasteiger partial charge in [-0.15, -0.1) is 0 Å². The second kappa shape index (κ2) is 12.9. The number of benzene rings is 6. The summed E-state index contributed by atoms with van der Waals surface area (Å²) in [6.45, 7) is 0.